The Hall–Kier alpha value is -3.05. The van der Waals surface area contributed by atoms with Crippen LogP contribution in [0, 0.1) is 5.82 Å². The van der Waals surface area contributed by atoms with Crippen LogP contribution in [0.4, 0.5) is 21.2 Å². The molecule has 8 nitrogen and oxygen atoms in total. The van der Waals surface area contributed by atoms with E-state index in [0.717, 1.165) is 72.5 Å². The van der Waals surface area contributed by atoms with Crippen LogP contribution in [-0.2, 0) is 4.74 Å². The number of likely N-dealkylation sites (tertiary alicyclic amines) is 1. The molecular formula is C30H34ClFN6O2S. The highest BCUT2D eigenvalue weighted by molar-refractivity contribution is 7.19. The molecule has 41 heavy (non-hydrogen) atoms. The first-order chi connectivity index (χ1) is 20.1. The lowest BCUT2D eigenvalue weighted by Gasteiger charge is -2.20. The largest absolute Gasteiger partial charge is 0.489 e. The summed E-state index contributed by atoms with van der Waals surface area (Å²) >= 11 is 8.04. The van der Waals surface area contributed by atoms with Crippen molar-refractivity contribution in [3.05, 3.63) is 60.2 Å². The van der Waals surface area contributed by atoms with E-state index in [1.807, 2.05) is 24.3 Å². The van der Waals surface area contributed by atoms with Crippen molar-refractivity contribution in [1.82, 2.24) is 19.9 Å². The molecule has 3 aliphatic rings. The Bertz CT molecular complexity index is 1420. The van der Waals surface area contributed by atoms with Crippen molar-refractivity contribution in [3.63, 3.8) is 0 Å². The lowest BCUT2D eigenvalue weighted by atomic mass is 10.0. The number of hydrogen-bond acceptors (Lipinski definition) is 9. The minimum Gasteiger partial charge on any atom is -0.489 e. The fourth-order valence-electron chi connectivity index (χ4n) is 5.37. The predicted octanol–water partition coefficient (Wildman–Crippen LogP) is 6.13. The Morgan fingerprint density at radius 3 is 2.68 bits per heavy atom. The van der Waals surface area contributed by atoms with E-state index < -0.39 is 5.82 Å². The van der Waals surface area contributed by atoms with Crippen molar-refractivity contribution in [1.29, 1.82) is 0 Å². The lowest BCUT2D eigenvalue weighted by molar-refractivity contribution is 0.145. The van der Waals surface area contributed by atoms with Gasteiger partial charge in [0.15, 0.2) is 16.7 Å². The second-order valence-corrected chi connectivity index (χ2v) is 11.9. The standard InChI is InChI=1S/C30H34ClFN6O2S/c1-39-26-18-20(6-8-22(26)31)27-28(41-30(36-27)38-14-4-5-15-38)24-10-11-33-29(35-24)34-21-7-9-25(23(32)19-21)40-17-16-37-12-2-3-13-37/h6-11,18-19,22,26H,2-5,12-17H2,1H3,(H,33,34,35). The van der Waals surface area contributed by atoms with Gasteiger partial charge in [0.2, 0.25) is 5.95 Å². The van der Waals surface area contributed by atoms with Crippen molar-refractivity contribution in [2.75, 3.05) is 56.7 Å². The molecule has 4 heterocycles. The zero-order valence-corrected chi connectivity index (χ0v) is 24.6. The maximum Gasteiger partial charge on any atom is 0.227 e. The van der Waals surface area contributed by atoms with E-state index in [0.29, 0.717) is 18.2 Å². The third-order valence-corrected chi connectivity index (χ3v) is 9.13. The van der Waals surface area contributed by atoms with Crippen molar-refractivity contribution in [2.45, 2.75) is 37.2 Å². The molecule has 0 amide bonds. The van der Waals surface area contributed by atoms with E-state index in [4.69, 9.17) is 31.0 Å². The maximum atomic E-state index is 14.8. The molecule has 0 saturated carbocycles. The summed E-state index contributed by atoms with van der Waals surface area (Å²) in [6.07, 6.45) is 12.2. The van der Waals surface area contributed by atoms with Gasteiger partial charge in [0, 0.05) is 50.3 Å². The Morgan fingerprint density at radius 2 is 1.90 bits per heavy atom. The van der Waals surface area contributed by atoms with Gasteiger partial charge >= 0.3 is 0 Å². The topological polar surface area (TPSA) is 75.6 Å². The summed E-state index contributed by atoms with van der Waals surface area (Å²) in [4.78, 5) is 19.8. The normalized spacial score (nSPS) is 21.0. The van der Waals surface area contributed by atoms with Crippen LogP contribution in [0.1, 0.15) is 31.4 Å². The summed E-state index contributed by atoms with van der Waals surface area (Å²) in [6.45, 7) is 5.44. The fourth-order valence-corrected chi connectivity index (χ4v) is 6.73. The second kappa shape index (κ2) is 12.9. The van der Waals surface area contributed by atoms with Crippen LogP contribution >= 0.6 is 22.9 Å². The number of thiazole rings is 1. The SMILES string of the molecule is COC1C=C(c2nc(N3CCCC3)sc2-c2ccnc(Nc3ccc(OCCN4CCCC4)c(F)c3)n2)C=CC1Cl. The molecule has 216 valence electrons. The van der Waals surface area contributed by atoms with E-state index in [1.165, 1.54) is 18.9 Å². The minimum absolute atomic E-state index is 0.235. The molecule has 2 unspecified atom stereocenters. The van der Waals surface area contributed by atoms with E-state index in [9.17, 15) is 4.39 Å². The van der Waals surface area contributed by atoms with Crippen molar-refractivity contribution >= 4 is 45.3 Å². The van der Waals surface area contributed by atoms with E-state index in [2.05, 4.69) is 20.1 Å². The van der Waals surface area contributed by atoms with Gasteiger partial charge in [-0.15, -0.1) is 11.6 Å². The molecule has 2 atom stereocenters. The summed E-state index contributed by atoms with van der Waals surface area (Å²) in [5.74, 6) is 0.194. The number of ether oxygens (including phenoxy) is 2. The molecule has 2 aromatic heterocycles. The summed E-state index contributed by atoms with van der Waals surface area (Å²) in [7, 11) is 1.66. The molecule has 0 spiro atoms. The molecule has 2 saturated heterocycles. The van der Waals surface area contributed by atoms with Crippen LogP contribution in [0.25, 0.3) is 16.1 Å². The van der Waals surface area contributed by atoms with Crippen LogP contribution in [-0.4, -0.2) is 77.8 Å². The maximum absolute atomic E-state index is 14.8. The molecule has 2 fully saturated rings. The third-order valence-electron chi connectivity index (χ3n) is 7.60. The molecule has 1 N–H and O–H groups in total. The quantitative estimate of drug-likeness (QED) is 0.280. The minimum atomic E-state index is -0.422. The van der Waals surface area contributed by atoms with Crippen molar-refractivity contribution in [3.8, 4) is 16.3 Å². The molecule has 0 radical (unpaired) electrons. The summed E-state index contributed by atoms with van der Waals surface area (Å²) in [5, 5.41) is 3.88. The van der Waals surface area contributed by atoms with Gasteiger partial charge in [-0.3, -0.25) is 4.90 Å². The highest BCUT2D eigenvalue weighted by Gasteiger charge is 2.26. The Balaban J connectivity index is 1.22. The van der Waals surface area contributed by atoms with E-state index in [-0.39, 0.29) is 17.2 Å². The number of hydrogen-bond donors (Lipinski definition) is 1. The van der Waals surface area contributed by atoms with Gasteiger partial charge in [-0.1, -0.05) is 23.5 Å². The molecule has 2 aliphatic heterocycles. The number of anilines is 3. The van der Waals surface area contributed by atoms with Gasteiger partial charge in [-0.2, -0.15) is 0 Å². The highest BCUT2D eigenvalue weighted by atomic mass is 35.5. The molecular weight excluding hydrogens is 563 g/mol. The van der Waals surface area contributed by atoms with Crippen molar-refractivity contribution < 1.29 is 13.9 Å². The second-order valence-electron chi connectivity index (χ2n) is 10.4. The molecule has 1 aromatic carbocycles. The van der Waals surface area contributed by atoms with Crippen LogP contribution in [0.3, 0.4) is 0 Å². The van der Waals surface area contributed by atoms with Crippen LogP contribution in [0.2, 0.25) is 0 Å². The number of allylic oxidation sites excluding steroid dienone is 2. The molecule has 11 heteroatoms. The fraction of sp³-hybridized carbons (Fsp3) is 0.433. The van der Waals surface area contributed by atoms with E-state index in [1.54, 1.807) is 36.8 Å². The summed E-state index contributed by atoms with van der Waals surface area (Å²) < 4.78 is 26.1. The zero-order valence-electron chi connectivity index (χ0n) is 23.1. The summed E-state index contributed by atoms with van der Waals surface area (Å²) in [6, 6.07) is 6.71. The first-order valence-corrected chi connectivity index (χ1v) is 15.4. The number of alkyl halides is 1. The molecule has 1 aliphatic carbocycles. The number of nitrogens with one attached hydrogen (secondary N) is 1. The van der Waals surface area contributed by atoms with Gasteiger partial charge < -0.3 is 19.7 Å². The zero-order chi connectivity index (χ0) is 28.2. The predicted molar refractivity (Wildman–Crippen MR) is 163 cm³/mol. The van der Waals surface area contributed by atoms with Crippen LogP contribution in [0.5, 0.6) is 5.75 Å². The first-order valence-electron chi connectivity index (χ1n) is 14.2. The number of aromatic nitrogens is 3. The number of rotatable bonds is 10. The van der Waals surface area contributed by atoms with Gasteiger partial charge in [-0.25, -0.2) is 19.3 Å². The van der Waals surface area contributed by atoms with Crippen molar-refractivity contribution in [2.24, 2.45) is 0 Å². The molecule has 6 rings (SSSR count). The monoisotopic (exact) mass is 596 g/mol. The highest BCUT2D eigenvalue weighted by Crippen LogP contribution is 2.40. The van der Waals surface area contributed by atoms with Crippen LogP contribution in [0.15, 0.2) is 48.7 Å². The van der Waals surface area contributed by atoms with E-state index >= 15 is 0 Å². The number of halogens is 2. The third kappa shape index (κ3) is 6.56. The molecule has 0 bridgehead atoms. The van der Waals surface area contributed by atoms with Gasteiger partial charge in [-0.05, 0) is 63.0 Å². The Labute approximate surface area is 248 Å². The lowest BCUT2D eigenvalue weighted by Crippen LogP contribution is -2.25. The van der Waals surface area contributed by atoms with Gasteiger partial charge in [0.25, 0.3) is 0 Å². The number of nitrogens with zero attached hydrogens (tertiary/aromatic N) is 5. The first kappa shape index (κ1) is 28.1. The Kier molecular flexibility index (Phi) is 8.81. The van der Waals surface area contributed by atoms with Crippen LogP contribution < -0.4 is 15.0 Å². The van der Waals surface area contributed by atoms with Gasteiger partial charge in [0.05, 0.1) is 27.7 Å². The number of benzene rings is 1. The smallest absolute Gasteiger partial charge is 0.227 e. The number of methoxy groups -OCH3 is 1. The summed E-state index contributed by atoms with van der Waals surface area (Å²) in [5.41, 5.74) is 3.06. The van der Waals surface area contributed by atoms with Gasteiger partial charge in [0.1, 0.15) is 6.61 Å². The Morgan fingerprint density at radius 1 is 1.10 bits per heavy atom. The average molecular weight is 597 g/mol. The average Bonchev–Trinajstić information content (AvgIpc) is 3.77. The molecule has 3 aromatic rings.